The van der Waals surface area contributed by atoms with Crippen molar-refractivity contribution in [3.05, 3.63) is 18.5 Å². The first-order valence-electron chi connectivity index (χ1n) is 7.71. The van der Waals surface area contributed by atoms with E-state index < -0.39 is 0 Å². The third-order valence-electron chi connectivity index (χ3n) is 4.68. The highest BCUT2D eigenvalue weighted by atomic mass is 16.5. The Balaban J connectivity index is 1.47. The first-order chi connectivity index (χ1) is 9.88. The molecule has 1 aromatic rings. The molecule has 3 fully saturated rings. The summed E-state index contributed by atoms with van der Waals surface area (Å²) in [6, 6.07) is 3.46. The molecule has 3 saturated heterocycles. The van der Waals surface area contributed by atoms with Crippen molar-refractivity contribution < 1.29 is 4.74 Å². The number of pyridine rings is 1. The Bertz CT molecular complexity index is 475. The molecule has 4 heterocycles. The average molecular weight is 274 g/mol. The van der Waals surface area contributed by atoms with Crippen LogP contribution in [0.2, 0.25) is 0 Å². The minimum absolute atomic E-state index is 0.338. The molecule has 0 aliphatic carbocycles. The van der Waals surface area contributed by atoms with Crippen molar-refractivity contribution in [2.45, 2.75) is 37.5 Å². The molecular formula is C15H22N4O. The van der Waals surface area contributed by atoms with Crippen LogP contribution < -0.4 is 20.3 Å². The van der Waals surface area contributed by atoms with E-state index in [0.29, 0.717) is 18.2 Å². The van der Waals surface area contributed by atoms with E-state index in [4.69, 9.17) is 4.74 Å². The number of piperidine rings is 1. The van der Waals surface area contributed by atoms with Crippen LogP contribution >= 0.6 is 0 Å². The van der Waals surface area contributed by atoms with E-state index in [1.807, 2.05) is 12.4 Å². The Morgan fingerprint density at radius 1 is 1.25 bits per heavy atom. The van der Waals surface area contributed by atoms with Crippen LogP contribution in [-0.4, -0.2) is 49.4 Å². The van der Waals surface area contributed by atoms with Gasteiger partial charge in [0.2, 0.25) is 0 Å². The van der Waals surface area contributed by atoms with Gasteiger partial charge in [-0.05, 0) is 32.4 Å². The van der Waals surface area contributed by atoms with Crippen LogP contribution in [0, 0.1) is 0 Å². The average Bonchev–Trinajstić information content (AvgIpc) is 3.11. The number of piperazine rings is 1. The van der Waals surface area contributed by atoms with Gasteiger partial charge in [-0.15, -0.1) is 0 Å². The number of ether oxygens (including phenoxy) is 1. The number of nitrogens with zero attached hydrogens (tertiary/aromatic N) is 2. The fourth-order valence-corrected chi connectivity index (χ4v) is 3.61. The predicted octanol–water partition coefficient (Wildman–Crippen LogP) is 0.763. The second-order valence-corrected chi connectivity index (χ2v) is 6.09. The molecule has 5 nitrogen and oxygen atoms in total. The number of hydrogen-bond acceptors (Lipinski definition) is 5. The quantitative estimate of drug-likeness (QED) is 0.852. The summed E-state index contributed by atoms with van der Waals surface area (Å²) in [7, 11) is 0. The summed E-state index contributed by atoms with van der Waals surface area (Å²) in [4.78, 5) is 6.85. The second kappa shape index (κ2) is 5.22. The molecule has 108 valence electrons. The van der Waals surface area contributed by atoms with Crippen LogP contribution in [0.1, 0.15) is 19.3 Å². The molecule has 20 heavy (non-hydrogen) atoms. The summed E-state index contributed by atoms with van der Waals surface area (Å²) >= 11 is 0. The molecular weight excluding hydrogens is 252 g/mol. The van der Waals surface area contributed by atoms with Gasteiger partial charge in [0.1, 0.15) is 11.9 Å². The summed E-state index contributed by atoms with van der Waals surface area (Å²) in [5.41, 5.74) is 1.21. The standard InChI is InChI=1S/C15H22N4O/c1-3-16-4-2-14(1)20-15-6-13(7-17-9-15)19-10-11-5-12(19)8-18-11/h6-7,9,11-12,14,16,18H,1-5,8,10H2/t11-,12-/m0/s1. The van der Waals surface area contributed by atoms with E-state index in [0.717, 1.165) is 44.8 Å². The minimum Gasteiger partial charge on any atom is -0.489 e. The SMILES string of the molecule is c1ncc(N2C[C@@H]3C[C@H]2CN3)cc1OC1CCNCC1. The van der Waals surface area contributed by atoms with Gasteiger partial charge in [-0.2, -0.15) is 0 Å². The van der Waals surface area contributed by atoms with Crippen LogP contribution in [0.5, 0.6) is 5.75 Å². The normalized spacial score (nSPS) is 29.9. The third-order valence-corrected chi connectivity index (χ3v) is 4.68. The van der Waals surface area contributed by atoms with Gasteiger partial charge >= 0.3 is 0 Å². The molecule has 0 saturated carbocycles. The largest absolute Gasteiger partial charge is 0.489 e. The van der Waals surface area contributed by atoms with Crippen molar-refractivity contribution in [2.75, 3.05) is 31.1 Å². The Labute approximate surface area is 119 Å². The fraction of sp³-hybridized carbons (Fsp3) is 0.667. The monoisotopic (exact) mass is 274 g/mol. The number of fused-ring (bicyclic) bond motifs is 2. The summed E-state index contributed by atoms with van der Waals surface area (Å²) in [6.07, 6.45) is 7.59. The highest BCUT2D eigenvalue weighted by molar-refractivity contribution is 5.51. The number of anilines is 1. The van der Waals surface area contributed by atoms with Crippen molar-refractivity contribution in [3.63, 3.8) is 0 Å². The first-order valence-corrected chi connectivity index (χ1v) is 7.71. The lowest BCUT2D eigenvalue weighted by molar-refractivity contribution is 0.162. The topological polar surface area (TPSA) is 49.4 Å². The maximum atomic E-state index is 6.09. The molecule has 4 rings (SSSR count). The Morgan fingerprint density at radius 3 is 2.90 bits per heavy atom. The summed E-state index contributed by atoms with van der Waals surface area (Å²) in [5.74, 6) is 0.921. The molecule has 3 aliphatic rings. The van der Waals surface area contributed by atoms with Crippen LogP contribution in [0.15, 0.2) is 18.5 Å². The molecule has 0 unspecified atom stereocenters. The van der Waals surface area contributed by atoms with E-state index in [2.05, 4.69) is 26.6 Å². The minimum atomic E-state index is 0.338. The van der Waals surface area contributed by atoms with Crippen molar-refractivity contribution in [1.29, 1.82) is 0 Å². The lowest BCUT2D eigenvalue weighted by atomic mass is 10.1. The maximum Gasteiger partial charge on any atom is 0.140 e. The predicted molar refractivity (Wildman–Crippen MR) is 78.3 cm³/mol. The van der Waals surface area contributed by atoms with Crippen LogP contribution in [0.25, 0.3) is 0 Å². The van der Waals surface area contributed by atoms with Crippen LogP contribution in [-0.2, 0) is 0 Å². The lowest BCUT2D eigenvalue weighted by Crippen LogP contribution is -2.43. The second-order valence-electron chi connectivity index (χ2n) is 6.09. The van der Waals surface area contributed by atoms with E-state index in [1.165, 1.54) is 12.1 Å². The molecule has 0 amide bonds. The molecule has 2 bridgehead atoms. The Hall–Kier alpha value is -1.33. The van der Waals surface area contributed by atoms with Gasteiger partial charge in [-0.3, -0.25) is 4.98 Å². The summed E-state index contributed by atoms with van der Waals surface area (Å²) < 4.78 is 6.09. The smallest absolute Gasteiger partial charge is 0.140 e. The van der Waals surface area contributed by atoms with Gasteiger partial charge in [0.25, 0.3) is 0 Å². The van der Waals surface area contributed by atoms with E-state index in [9.17, 15) is 0 Å². The van der Waals surface area contributed by atoms with Crippen LogP contribution in [0.3, 0.4) is 0 Å². The number of rotatable bonds is 3. The van der Waals surface area contributed by atoms with Gasteiger partial charge in [0.15, 0.2) is 0 Å². The molecule has 0 aromatic carbocycles. The third kappa shape index (κ3) is 2.36. The molecule has 1 aromatic heterocycles. The molecule has 0 radical (unpaired) electrons. The molecule has 5 heteroatoms. The van der Waals surface area contributed by atoms with E-state index in [-0.39, 0.29) is 0 Å². The molecule has 2 atom stereocenters. The zero-order valence-corrected chi connectivity index (χ0v) is 11.7. The maximum absolute atomic E-state index is 6.09. The Kier molecular flexibility index (Phi) is 3.24. The number of nitrogens with one attached hydrogen (secondary N) is 2. The summed E-state index contributed by atoms with van der Waals surface area (Å²) in [5, 5.41) is 6.90. The fourth-order valence-electron chi connectivity index (χ4n) is 3.61. The van der Waals surface area contributed by atoms with E-state index >= 15 is 0 Å². The first kappa shape index (κ1) is 12.4. The van der Waals surface area contributed by atoms with Gasteiger partial charge in [0, 0.05) is 31.2 Å². The Morgan fingerprint density at radius 2 is 2.15 bits per heavy atom. The van der Waals surface area contributed by atoms with E-state index in [1.54, 1.807) is 0 Å². The lowest BCUT2D eigenvalue weighted by Gasteiger charge is -2.30. The van der Waals surface area contributed by atoms with Crippen molar-refractivity contribution in [2.24, 2.45) is 0 Å². The highest BCUT2D eigenvalue weighted by Crippen LogP contribution is 2.31. The number of hydrogen-bond donors (Lipinski definition) is 2. The van der Waals surface area contributed by atoms with Gasteiger partial charge < -0.3 is 20.3 Å². The van der Waals surface area contributed by atoms with Gasteiger partial charge in [0.05, 0.1) is 18.1 Å². The van der Waals surface area contributed by atoms with Crippen molar-refractivity contribution >= 4 is 5.69 Å². The molecule has 3 aliphatic heterocycles. The van der Waals surface area contributed by atoms with Gasteiger partial charge in [-0.1, -0.05) is 0 Å². The highest BCUT2D eigenvalue weighted by Gasteiger charge is 2.37. The van der Waals surface area contributed by atoms with Gasteiger partial charge in [-0.25, -0.2) is 0 Å². The van der Waals surface area contributed by atoms with Crippen LogP contribution in [0.4, 0.5) is 5.69 Å². The number of aromatic nitrogens is 1. The zero-order chi connectivity index (χ0) is 13.4. The van der Waals surface area contributed by atoms with Crippen molar-refractivity contribution in [1.82, 2.24) is 15.6 Å². The van der Waals surface area contributed by atoms with Crippen molar-refractivity contribution in [3.8, 4) is 5.75 Å². The zero-order valence-electron chi connectivity index (χ0n) is 11.7. The molecule has 2 N–H and O–H groups in total. The summed E-state index contributed by atoms with van der Waals surface area (Å²) in [6.45, 7) is 4.31. The molecule has 0 spiro atoms.